The van der Waals surface area contributed by atoms with Gasteiger partial charge in [-0.1, -0.05) is 28.1 Å². The first-order chi connectivity index (χ1) is 15.0. The first kappa shape index (κ1) is 20.8. The van der Waals surface area contributed by atoms with Gasteiger partial charge in [0.15, 0.2) is 5.70 Å². The van der Waals surface area contributed by atoms with Crippen molar-refractivity contribution in [1.29, 1.82) is 0 Å². The maximum Gasteiger partial charge on any atom is 0.363 e. The number of carbonyl (C=O) groups is 1. The Morgan fingerprint density at radius 2 is 1.81 bits per heavy atom. The number of halogens is 2. The van der Waals surface area contributed by atoms with E-state index in [0.29, 0.717) is 22.6 Å². The van der Waals surface area contributed by atoms with Crippen molar-refractivity contribution in [2.75, 3.05) is 7.11 Å². The zero-order valence-electron chi connectivity index (χ0n) is 16.5. The third-order valence-corrected chi connectivity index (χ3v) is 5.02. The number of aliphatic imine (C=N–C) groups is 1. The number of methoxy groups -OCH3 is 1. The van der Waals surface area contributed by atoms with E-state index in [9.17, 15) is 9.18 Å². The highest BCUT2D eigenvalue weighted by molar-refractivity contribution is 9.10. The molecular weight excluding hydrogens is 465 g/mol. The molecule has 0 N–H and O–H groups in total. The second-order valence-corrected chi connectivity index (χ2v) is 7.58. The quantitative estimate of drug-likeness (QED) is 0.343. The van der Waals surface area contributed by atoms with Gasteiger partial charge in [-0.25, -0.2) is 14.2 Å². The summed E-state index contributed by atoms with van der Waals surface area (Å²) in [5, 5.41) is 0. The van der Waals surface area contributed by atoms with Gasteiger partial charge in [0.2, 0.25) is 5.90 Å². The molecule has 0 saturated carbocycles. The van der Waals surface area contributed by atoms with Crippen LogP contribution < -0.4 is 9.47 Å². The van der Waals surface area contributed by atoms with Crippen LogP contribution in [0.3, 0.4) is 0 Å². The number of benzene rings is 3. The summed E-state index contributed by atoms with van der Waals surface area (Å²) in [6.45, 7) is 0.253. The smallest absolute Gasteiger partial charge is 0.363 e. The fourth-order valence-corrected chi connectivity index (χ4v) is 3.30. The van der Waals surface area contributed by atoms with E-state index in [0.717, 1.165) is 10.0 Å². The fraction of sp³-hybridized carbons (Fsp3) is 0.0833. The number of cyclic esters (lactones) is 1. The van der Waals surface area contributed by atoms with Crippen molar-refractivity contribution in [3.63, 3.8) is 0 Å². The van der Waals surface area contributed by atoms with E-state index in [1.807, 2.05) is 12.1 Å². The first-order valence-electron chi connectivity index (χ1n) is 9.35. The molecule has 31 heavy (non-hydrogen) atoms. The molecule has 156 valence electrons. The molecule has 0 saturated heterocycles. The Bertz CT molecular complexity index is 1170. The SMILES string of the molecule is COc1ccc(C2=N/C(=C/c3cc(Br)ccc3OCc3ccc(F)cc3)C(=O)O2)cc1. The summed E-state index contributed by atoms with van der Waals surface area (Å²) in [7, 11) is 1.58. The predicted octanol–water partition coefficient (Wildman–Crippen LogP) is 5.52. The topological polar surface area (TPSA) is 57.1 Å². The lowest BCUT2D eigenvalue weighted by Gasteiger charge is -2.10. The summed E-state index contributed by atoms with van der Waals surface area (Å²) < 4.78 is 30.3. The molecule has 3 aromatic rings. The molecule has 0 radical (unpaired) electrons. The van der Waals surface area contributed by atoms with E-state index >= 15 is 0 Å². The Balaban J connectivity index is 1.59. The Kier molecular flexibility index (Phi) is 6.13. The molecule has 0 unspecified atom stereocenters. The second-order valence-electron chi connectivity index (χ2n) is 6.66. The summed E-state index contributed by atoms with van der Waals surface area (Å²) in [6.07, 6.45) is 1.61. The summed E-state index contributed by atoms with van der Waals surface area (Å²) in [4.78, 5) is 16.7. The minimum Gasteiger partial charge on any atom is -0.497 e. The van der Waals surface area contributed by atoms with E-state index in [1.165, 1.54) is 12.1 Å². The molecule has 0 aliphatic carbocycles. The lowest BCUT2D eigenvalue weighted by Crippen LogP contribution is -2.05. The zero-order valence-corrected chi connectivity index (χ0v) is 18.1. The van der Waals surface area contributed by atoms with E-state index in [-0.39, 0.29) is 24.0 Å². The van der Waals surface area contributed by atoms with Crippen LogP contribution >= 0.6 is 15.9 Å². The van der Waals surface area contributed by atoms with Gasteiger partial charge in [-0.05, 0) is 66.2 Å². The Hall–Kier alpha value is -3.45. The zero-order chi connectivity index (χ0) is 21.8. The normalized spacial score (nSPS) is 14.4. The van der Waals surface area contributed by atoms with Crippen LogP contribution in [0.5, 0.6) is 11.5 Å². The molecular formula is C24H17BrFNO4. The van der Waals surface area contributed by atoms with Gasteiger partial charge in [0.05, 0.1) is 7.11 Å². The number of rotatable bonds is 6. The summed E-state index contributed by atoms with van der Waals surface area (Å²) in [6, 6.07) is 18.6. The number of hydrogen-bond donors (Lipinski definition) is 0. The van der Waals surface area contributed by atoms with Gasteiger partial charge in [0, 0.05) is 15.6 Å². The highest BCUT2D eigenvalue weighted by atomic mass is 79.9. The highest BCUT2D eigenvalue weighted by Gasteiger charge is 2.24. The third kappa shape index (κ3) is 5.00. The van der Waals surface area contributed by atoms with E-state index in [1.54, 1.807) is 55.7 Å². The molecule has 3 aromatic carbocycles. The van der Waals surface area contributed by atoms with Crippen molar-refractivity contribution in [2.24, 2.45) is 4.99 Å². The Morgan fingerprint density at radius 1 is 1.06 bits per heavy atom. The summed E-state index contributed by atoms with van der Waals surface area (Å²) in [5.74, 6) is 0.628. The van der Waals surface area contributed by atoms with Gasteiger partial charge in [0.1, 0.15) is 23.9 Å². The van der Waals surface area contributed by atoms with E-state index in [4.69, 9.17) is 14.2 Å². The maximum absolute atomic E-state index is 13.1. The van der Waals surface area contributed by atoms with Crippen LogP contribution in [0.15, 0.2) is 81.9 Å². The molecule has 7 heteroatoms. The average Bonchev–Trinajstić information content (AvgIpc) is 3.14. The van der Waals surface area contributed by atoms with Crippen molar-refractivity contribution in [3.05, 3.63) is 99.4 Å². The Labute approximate surface area is 186 Å². The average molecular weight is 482 g/mol. The molecule has 0 atom stereocenters. The third-order valence-electron chi connectivity index (χ3n) is 4.53. The molecule has 0 fully saturated rings. The van der Waals surface area contributed by atoms with Gasteiger partial charge >= 0.3 is 5.97 Å². The minimum atomic E-state index is -0.546. The lowest BCUT2D eigenvalue weighted by atomic mass is 10.1. The number of carbonyl (C=O) groups excluding carboxylic acids is 1. The van der Waals surface area contributed by atoms with Crippen LogP contribution in [0.2, 0.25) is 0 Å². The molecule has 0 spiro atoms. The molecule has 0 bridgehead atoms. The summed E-state index contributed by atoms with van der Waals surface area (Å²) in [5.41, 5.74) is 2.31. The molecule has 1 aliphatic rings. The number of hydrogen-bond acceptors (Lipinski definition) is 5. The molecule has 0 aromatic heterocycles. The molecule has 1 aliphatic heterocycles. The Morgan fingerprint density at radius 3 is 2.52 bits per heavy atom. The minimum absolute atomic E-state index is 0.163. The van der Waals surface area contributed by atoms with Crippen LogP contribution in [-0.2, 0) is 16.1 Å². The van der Waals surface area contributed by atoms with Crippen LogP contribution in [0.1, 0.15) is 16.7 Å². The van der Waals surface area contributed by atoms with Crippen molar-refractivity contribution in [2.45, 2.75) is 6.61 Å². The number of esters is 1. The highest BCUT2D eigenvalue weighted by Crippen LogP contribution is 2.28. The van der Waals surface area contributed by atoms with Crippen LogP contribution in [0.4, 0.5) is 4.39 Å². The monoisotopic (exact) mass is 481 g/mol. The molecule has 5 nitrogen and oxygen atoms in total. The van der Waals surface area contributed by atoms with E-state index < -0.39 is 5.97 Å². The predicted molar refractivity (Wildman–Crippen MR) is 118 cm³/mol. The molecule has 4 rings (SSSR count). The second kappa shape index (κ2) is 9.14. The summed E-state index contributed by atoms with van der Waals surface area (Å²) >= 11 is 3.44. The number of ether oxygens (including phenoxy) is 3. The number of nitrogens with zero attached hydrogens (tertiary/aromatic N) is 1. The van der Waals surface area contributed by atoms with E-state index in [2.05, 4.69) is 20.9 Å². The molecule has 0 amide bonds. The van der Waals surface area contributed by atoms with Crippen LogP contribution in [-0.4, -0.2) is 19.0 Å². The fourth-order valence-electron chi connectivity index (χ4n) is 2.92. The van der Waals surface area contributed by atoms with Crippen molar-refractivity contribution in [1.82, 2.24) is 0 Å². The lowest BCUT2D eigenvalue weighted by molar-refractivity contribution is -0.129. The first-order valence-corrected chi connectivity index (χ1v) is 10.1. The van der Waals surface area contributed by atoms with Gasteiger partial charge in [-0.2, -0.15) is 0 Å². The van der Waals surface area contributed by atoms with Crippen LogP contribution in [0, 0.1) is 5.82 Å². The van der Waals surface area contributed by atoms with Crippen molar-refractivity contribution < 1.29 is 23.4 Å². The largest absolute Gasteiger partial charge is 0.497 e. The standard InChI is InChI=1S/C24H17BrFNO4/c1-29-20-9-4-16(5-10-20)23-27-21(24(28)31-23)13-17-12-18(25)6-11-22(17)30-14-15-2-7-19(26)8-3-15/h2-13H,14H2,1H3/b21-13+. The van der Waals surface area contributed by atoms with Gasteiger partial charge < -0.3 is 14.2 Å². The maximum atomic E-state index is 13.1. The van der Waals surface area contributed by atoms with Gasteiger partial charge in [-0.3, -0.25) is 0 Å². The van der Waals surface area contributed by atoms with Crippen LogP contribution in [0.25, 0.3) is 6.08 Å². The molecule has 1 heterocycles. The van der Waals surface area contributed by atoms with Gasteiger partial charge in [-0.15, -0.1) is 0 Å². The van der Waals surface area contributed by atoms with Crippen molar-refractivity contribution >= 4 is 33.9 Å². The van der Waals surface area contributed by atoms with Gasteiger partial charge in [0.25, 0.3) is 0 Å². The van der Waals surface area contributed by atoms with Crippen molar-refractivity contribution in [3.8, 4) is 11.5 Å².